The van der Waals surface area contributed by atoms with Crippen LogP contribution in [0.25, 0.3) is 0 Å². The summed E-state index contributed by atoms with van der Waals surface area (Å²) >= 11 is 0. The fourth-order valence-electron chi connectivity index (χ4n) is 1.27. The van der Waals surface area contributed by atoms with Gasteiger partial charge in [-0.05, 0) is 18.6 Å². The van der Waals surface area contributed by atoms with Gasteiger partial charge in [0.15, 0.2) is 0 Å². The van der Waals surface area contributed by atoms with E-state index in [0.717, 1.165) is 6.42 Å². The van der Waals surface area contributed by atoms with E-state index in [0.29, 0.717) is 23.7 Å². The van der Waals surface area contributed by atoms with Gasteiger partial charge in [0.25, 0.3) is 0 Å². The van der Waals surface area contributed by atoms with Crippen LogP contribution in [0, 0.1) is 0 Å². The van der Waals surface area contributed by atoms with E-state index >= 15 is 0 Å². The summed E-state index contributed by atoms with van der Waals surface area (Å²) in [6.07, 6.45) is 0.939. The Morgan fingerprint density at radius 3 is 2.56 bits per heavy atom. The molecule has 0 radical (unpaired) electrons. The Bertz CT molecular complexity index is 312. The first-order valence-corrected chi connectivity index (χ1v) is 5.42. The Labute approximate surface area is 95.4 Å². The molecule has 0 bridgehead atoms. The molecule has 1 aromatic carbocycles. The first-order chi connectivity index (χ1) is 7.81. The van der Waals surface area contributed by atoms with E-state index in [-0.39, 0.29) is 19.8 Å². The zero-order valence-corrected chi connectivity index (χ0v) is 9.48. The lowest BCUT2D eigenvalue weighted by molar-refractivity contribution is 0.195. The van der Waals surface area contributed by atoms with Gasteiger partial charge in [-0.15, -0.1) is 0 Å². The molecule has 0 spiro atoms. The van der Waals surface area contributed by atoms with Gasteiger partial charge >= 0.3 is 0 Å². The predicted molar refractivity (Wildman–Crippen MR) is 60.7 cm³/mol. The van der Waals surface area contributed by atoms with Crippen LogP contribution in [0.2, 0.25) is 0 Å². The fraction of sp³-hybridized carbons (Fsp3) is 0.500. The summed E-state index contributed by atoms with van der Waals surface area (Å²) in [5, 5.41) is 17.8. The van der Waals surface area contributed by atoms with E-state index < -0.39 is 0 Å². The van der Waals surface area contributed by atoms with Crippen molar-refractivity contribution in [2.75, 3.05) is 19.8 Å². The number of aliphatic hydroxyl groups excluding tert-OH is 2. The first-order valence-electron chi connectivity index (χ1n) is 5.42. The van der Waals surface area contributed by atoms with Crippen molar-refractivity contribution in [2.45, 2.75) is 20.0 Å². The largest absolute Gasteiger partial charge is 0.493 e. The van der Waals surface area contributed by atoms with Crippen molar-refractivity contribution in [3.05, 3.63) is 23.8 Å². The van der Waals surface area contributed by atoms with Crippen LogP contribution < -0.4 is 9.47 Å². The summed E-state index contributed by atoms with van der Waals surface area (Å²) in [4.78, 5) is 0. The maximum atomic E-state index is 9.10. The summed E-state index contributed by atoms with van der Waals surface area (Å²) < 4.78 is 10.8. The van der Waals surface area contributed by atoms with Crippen LogP contribution in [0.1, 0.15) is 18.9 Å². The molecule has 0 heterocycles. The lowest BCUT2D eigenvalue weighted by Gasteiger charge is -2.11. The van der Waals surface area contributed by atoms with Crippen LogP contribution in [-0.2, 0) is 6.61 Å². The van der Waals surface area contributed by atoms with E-state index in [9.17, 15) is 0 Å². The standard InChI is InChI=1S/C12H18O4/c1-2-6-15-11-4-3-10(9-14)12(8-11)16-7-5-13/h3-4,8,13-14H,2,5-7,9H2,1H3. The maximum Gasteiger partial charge on any atom is 0.128 e. The molecule has 0 unspecified atom stereocenters. The monoisotopic (exact) mass is 226 g/mol. The van der Waals surface area contributed by atoms with Crippen molar-refractivity contribution < 1.29 is 19.7 Å². The predicted octanol–water partition coefficient (Wildman–Crippen LogP) is 1.34. The molecule has 0 aliphatic rings. The van der Waals surface area contributed by atoms with Crippen LogP contribution in [-0.4, -0.2) is 30.0 Å². The summed E-state index contributed by atoms with van der Waals surface area (Å²) in [6, 6.07) is 5.29. The normalized spacial score (nSPS) is 10.2. The lowest BCUT2D eigenvalue weighted by atomic mass is 10.2. The molecule has 16 heavy (non-hydrogen) atoms. The molecule has 0 amide bonds. The van der Waals surface area contributed by atoms with Crippen LogP contribution in [0.15, 0.2) is 18.2 Å². The Balaban J connectivity index is 2.74. The number of hydrogen-bond donors (Lipinski definition) is 2. The molecule has 0 atom stereocenters. The number of ether oxygens (including phenoxy) is 2. The topological polar surface area (TPSA) is 58.9 Å². The van der Waals surface area contributed by atoms with E-state index in [1.165, 1.54) is 0 Å². The molecule has 0 saturated carbocycles. The molecular formula is C12H18O4. The average molecular weight is 226 g/mol. The highest BCUT2D eigenvalue weighted by Gasteiger charge is 2.05. The van der Waals surface area contributed by atoms with E-state index in [1.807, 2.05) is 6.92 Å². The van der Waals surface area contributed by atoms with Gasteiger partial charge in [-0.25, -0.2) is 0 Å². The second-order valence-electron chi connectivity index (χ2n) is 3.35. The smallest absolute Gasteiger partial charge is 0.128 e. The van der Waals surface area contributed by atoms with E-state index in [1.54, 1.807) is 18.2 Å². The molecule has 0 fully saturated rings. The minimum absolute atomic E-state index is 0.0507. The Kier molecular flexibility index (Phi) is 5.67. The van der Waals surface area contributed by atoms with Gasteiger partial charge in [-0.3, -0.25) is 0 Å². The third kappa shape index (κ3) is 3.72. The van der Waals surface area contributed by atoms with Gasteiger partial charge < -0.3 is 19.7 Å². The fourth-order valence-corrected chi connectivity index (χ4v) is 1.27. The van der Waals surface area contributed by atoms with Gasteiger partial charge in [0.05, 0.1) is 19.8 Å². The molecule has 1 rings (SSSR count). The molecule has 1 aromatic rings. The molecule has 90 valence electrons. The third-order valence-electron chi connectivity index (χ3n) is 2.03. The molecule has 0 saturated heterocycles. The minimum atomic E-state index is -0.0885. The van der Waals surface area contributed by atoms with Gasteiger partial charge in [-0.1, -0.05) is 6.92 Å². The summed E-state index contributed by atoms with van der Waals surface area (Å²) in [5.74, 6) is 1.28. The quantitative estimate of drug-likeness (QED) is 0.736. The lowest BCUT2D eigenvalue weighted by Crippen LogP contribution is -2.04. The molecule has 2 N–H and O–H groups in total. The van der Waals surface area contributed by atoms with E-state index in [2.05, 4.69) is 0 Å². The van der Waals surface area contributed by atoms with E-state index in [4.69, 9.17) is 19.7 Å². The highest BCUT2D eigenvalue weighted by molar-refractivity contribution is 5.40. The highest BCUT2D eigenvalue weighted by atomic mass is 16.5. The van der Waals surface area contributed by atoms with Crippen LogP contribution in [0.3, 0.4) is 0 Å². The zero-order chi connectivity index (χ0) is 11.8. The molecule has 0 aliphatic heterocycles. The number of rotatable bonds is 7. The van der Waals surface area contributed by atoms with Gasteiger partial charge in [0.1, 0.15) is 18.1 Å². The Morgan fingerprint density at radius 1 is 1.12 bits per heavy atom. The zero-order valence-electron chi connectivity index (χ0n) is 9.48. The Hall–Kier alpha value is -1.26. The number of aliphatic hydroxyl groups is 2. The van der Waals surface area contributed by atoms with Crippen molar-refractivity contribution in [1.29, 1.82) is 0 Å². The van der Waals surface area contributed by atoms with Crippen molar-refractivity contribution in [3.63, 3.8) is 0 Å². The van der Waals surface area contributed by atoms with Crippen molar-refractivity contribution in [1.82, 2.24) is 0 Å². The number of benzene rings is 1. The van der Waals surface area contributed by atoms with Gasteiger partial charge in [-0.2, -0.15) is 0 Å². The SMILES string of the molecule is CCCOc1ccc(CO)c(OCCO)c1. The van der Waals surface area contributed by atoms with Crippen molar-refractivity contribution in [2.24, 2.45) is 0 Å². The highest BCUT2D eigenvalue weighted by Crippen LogP contribution is 2.25. The van der Waals surface area contributed by atoms with Gasteiger partial charge in [0, 0.05) is 11.6 Å². The van der Waals surface area contributed by atoms with Crippen LogP contribution >= 0.6 is 0 Å². The first kappa shape index (κ1) is 12.8. The van der Waals surface area contributed by atoms with Crippen molar-refractivity contribution >= 4 is 0 Å². The van der Waals surface area contributed by atoms with Crippen LogP contribution in [0.5, 0.6) is 11.5 Å². The molecule has 0 aromatic heterocycles. The summed E-state index contributed by atoms with van der Waals surface area (Å²) in [7, 11) is 0. The Morgan fingerprint density at radius 2 is 1.94 bits per heavy atom. The summed E-state index contributed by atoms with van der Waals surface area (Å²) in [5.41, 5.74) is 0.692. The molecule has 4 heteroatoms. The molecule has 0 aliphatic carbocycles. The van der Waals surface area contributed by atoms with Crippen molar-refractivity contribution in [3.8, 4) is 11.5 Å². The molecular weight excluding hydrogens is 208 g/mol. The van der Waals surface area contributed by atoms with Crippen LogP contribution in [0.4, 0.5) is 0 Å². The number of hydrogen-bond acceptors (Lipinski definition) is 4. The third-order valence-corrected chi connectivity index (χ3v) is 2.03. The summed E-state index contributed by atoms with van der Waals surface area (Å²) in [6.45, 7) is 2.76. The average Bonchev–Trinajstić information content (AvgIpc) is 2.33. The second-order valence-corrected chi connectivity index (χ2v) is 3.35. The molecule has 4 nitrogen and oxygen atoms in total. The minimum Gasteiger partial charge on any atom is -0.493 e. The maximum absolute atomic E-state index is 9.10. The van der Waals surface area contributed by atoms with Gasteiger partial charge in [0.2, 0.25) is 0 Å². The second kappa shape index (κ2) is 7.09.